The number of fused-ring (bicyclic) bond motifs is 3. The highest BCUT2D eigenvalue weighted by Crippen LogP contribution is 2.44. The van der Waals surface area contributed by atoms with Gasteiger partial charge in [0.15, 0.2) is 0 Å². The molecule has 35 heavy (non-hydrogen) atoms. The van der Waals surface area contributed by atoms with Gasteiger partial charge < -0.3 is 15.2 Å². The first-order valence-electron chi connectivity index (χ1n) is 11.4. The predicted octanol–water partition coefficient (Wildman–Crippen LogP) is 4.91. The van der Waals surface area contributed by atoms with Crippen LogP contribution in [-0.2, 0) is 19.7 Å². The summed E-state index contributed by atoms with van der Waals surface area (Å²) in [5, 5.41) is 14.3. The fraction of sp³-hybridized carbons (Fsp3) is 0.250. The van der Waals surface area contributed by atoms with Crippen molar-refractivity contribution in [3.8, 4) is 11.1 Å². The van der Waals surface area contributed by atoms with Crippen LogP contribution in [-0.4, -0.2) is 35.7 Å². The molecule has 3 aromatic carbocycles. The average Bonchev–Trinajstić information content (AvgIpc) is 3.16. The van der Waals surface area contributed by atoms with E-state index >= 15 is 0 Å². The van der Waals surface area contributed by atoms with Gasteiger partial charge >= 0.3 is 12.1 Å². The summed E-state index contributed by atoms with van der Waals surface area (Å²) >= 11 is 0. The van der Waals surface area contributed by atoms with Gasteiger partial charge in [0.1, 0.15) is 12.6 Å². The van der Waals surface area contributed by atoms with Crippen molar-refractivity contribution < 1.29 is 24.2 Å². The molecule has 1 aliphatic carbocycles. The Kier molecular flexibility index (Phi) is 6.60. The monoisotopic (exact) mass is 472 g/mol. The Balaban J connectivity index is 1.38. The number of rotatable bonds is 7. The van der Waals surface area contributed by atoms with Crippen LogP contribution >= 0.6 is 0 Å². The lowest BCUT2D eigenvalue weighted by Gasteiger charge is -2.25. The van der Waals surface area contributed by atoms with Gasteiger partial charge in [-0.1, -0.05) is 60.7 Å². The highest BCUT2D eigenvalue weighted by atomic mass is 16.5. The molecule has 7 nitrogen and oxygen atoms in total. The Morgan fingerprint density at radius 1 is 0.914 bits per heavy atom. The first-order valence-corrected chi connectivity index (χ1v) is 11.4. The molecule has 0 fully saturated rings. The lowest BCUT2D eigenvalue weighted by Crippen LogP contribution is -2.47. The topological polar surface area (TPSA) is 105 Å². The molecule has 2 amide bonds. The van der Waals surface area contributed by atoms with E-state index in [2.05, 4.69) is 34.9 Å². The summed E-state index contributed by atoms with van der Waals surface area (Å²) in [6.07, 6.45) is -0.563. The fourth-order valence-electron chi connectivity index (χ4n) is 4.29. The SMILES string of the molecule is CC(NC(=O)C(C)(C)c1ccc(NC(=O)OCC2c3ccccc3-c3ccccc32)cc1)C(=O)O. The van der Waals surface area contributed by atoms with Crippen LogP contribution in [0.5, 0.6) is 0 Å². The molecule has 0 bridgehead atoms. The summed E-state index contributed by atoms with van der Waals surface area (Å²) in [7, 11) is 0. The van der Waals surface area contributed by atoms with E-state index in [1.807, 2.05) is 24.3 Å². The van der Waals surface area contributed by atoms with E-state index in [1.165, 1.54) is 6.92 Å². The zero-order chi connectivity index (χ0) is 25.2. The molecule has 0 aliphatic heterocycles. The second kappa shape index (κ2) is 9.62. The van der Waals surface area contributed by atoms with Gasteiger partial charge in [0, 0.05) is 11.6 Å². The highest BCUT2D eigenvalue weighted by Gasteiger charge is 2.32. The van der Waals surface area contributed by atoms with E-state index < -0.39 is 29.4 Å². The summed E-state index contributed by atoms with van der Waals surface area (Å²) < 4.78 is 5.58. The van der Waals surface area contributed by atoms with Crippen LogP contribution < -0.4 is 10.6 Å². The normalized spacial score (nSPS) is 13.3. The van der Waals surface area contributed by atoms with E-state index in [0.29, 0.717) is 11.3 Å². The maximum atomic E-state index is 12.6. The number of hydrogen-bond donors (Lipinski definition) is 3. The fourth-order valence-corrected chi connectivity index (χ4v) is 4.29. The molecule has 0 heterocycles. The van der Waals surface area contributed by atoms with Crippen LogP contribution in [0.25, 0.3) is 11.1 Å². The van der Waals surface area contributed by atoms with Crippen LogP contribution in [0.3, 0.4) is 0 Å². The maximum absolute atomic E-state index is 12.6. The van der Waals surface area contributed by atoms with Crippen molar-refractivity contribution in [2.75, 3.05) is 11.9 Å². The van der Waals surface area contributed by atoms with E-state index in [9.17, 15) is 14.4 Å². The lowest BCUT2D eigenvalue weighted by atomic mass is 9.83. The van der Waals surface area contributed by atoms with Crippen molar-refractivity contribution in [1.29, 1.82) is 0 Å². The minimum Gasteiger partial charge on any atom is -0.480 e. The third-order valence-corrected chi connectivity index (χ3v) is 6.48. The van der Waals surface area contributed by atoms with Gasteiger partial charge in [-0.25, -0.2) is 4.79 Å². The first kappa shape index (κ1) is 24.0. The quantitative estimate of drug-likeness (QED) is 0.453. The summed E-state index contributed by atoms with van der Waals surface area (Å²) in [4.78, 5) is 36.1. The van der Waals surface area contributed by atoms with Gasteiger partial charge in [-0.2, -0.15) is 0 Å². The number of anilines is 1. The molecule has 0 saturated carbocycles. The van der Waals surface area contributed by atoms with Gasteiger partial charge in [-0.15, -0.1) is 0 Å². The third kappa shape index (κ3) is 4.89. The van der Waals surface area contributed by atoms with Crippen molar-refractivity contribution in [1.82, 2.24) is 5.32 Å². The second-order valence-corrected chi connectivity index (χ2v) is 9.19. The molecule has 0 radical (unpaired) electrons. The number of carbonyl (C=O) groups excluding carboxylic acids is 2. The van der Waals surface area contributed by atoms with Crippen molar-refractivity contribution in [2.45, 2.75) is 38.1 Å². The lowest BCUT2D eigenvalue weighted by molar-refractivity contribution is -0.142. The van der Waals surface area contributed by atoms with Crippen LogP contribution in [0.4, 0.5) is 10.5 Å². The van der Waals surface area contributed by atoms with E-state index in [0.717, 1.165) is 22.3 Å². The number of ether oxygens (including phenoxy) is 1. The number of amides is 2. The highest BCUT2D eigenvalue weighted by molar-refractivity contribution is 5.91. The molecule has 4 rings (SSSR count). The number of benzene rings is 3. The molecule has 1 atom stereocenters. The Labute approximate surface area is 204 Å². The second-order valence-electron chi connectivity index (χ2n) is 9.19. The summed E-state index contributed by atoms with van der Waals surface area (Å²) in [6, 6.07) is 22.1. The summed E-state index contributed by atoms with van der Waals surface area (Å²) in [5.41, 5.74) is 4.87. The Morgan fingerprint density at radius 2 is 1.46 bits per heavy atom. The zero-order valence-electron chi connectivity index (χ0n) is 19.9. The van der Waals surface area contributed by atoms with E-state index in [1.54, 1.807) is 38.1 Å². The molecule has 0 spiro atoms. The molecule has 180 valence electrons. The Hall–Kier alpha value is -4.13. The molecule has 0 aromatic heterocycles. The minimum absolute atomic E-state index is 0.0250. The molecule has 0 saturated heterocycles. The summed E-state index contributed by atoms with van der Waals surface area (Å²) in [6.45, 7) is 5.06. The van der Waals surface area contributed by atoms with E-state index in [4.69, 9.17) is 9.84 Å². The van der Waals surface area contributed by atoms with E-state index in [-0.39, 0.29) is 12.5 Å². The van der Waals surface area contributed by atoms with Crippen LogP contribution in [0, 0.1) is 0 Å². The number of nitrogens with one attached hydrogen (secondary N) is 2. The minimum atomic E-state index is -1.10. The van der Waals surface area contributed by atoms with Gasteiger partial charge in [0.25, 0.3) is 0 Å². The molecule has 1 unspecified atom stereocenters. The number of carboxylic acid groups (broad SMARTS) is 1. The largest absolute Gasteiger partial charge is 0.480 e. The standard InChI is InChI=1S/C28H28N2O5/c1-17(25(31)32)29-26(33)28(2,3)18-12-14-19(15-13-18)30-27(34)35-16-24-22-10-6-4-8-20(22)21-9-5-7-11-23(21)24/h4-15,17,24H,16H2,1-3H3,(H,29,33)(H,30,34)(H,31,32). The van der Waals surface area contributed by atoms with Gasteiger partial charge in [0.2, 0.25) is 5.91 Å². The molecule has 7 heteroatoms. The van der Waals surface area contributed by atoms with Crippen LogP contribution in [0.1, 0.15) is 43.4 Å². The molecular formula is C28H28N2O5. The van der Waals surface area contributed by atoms with Crippen molar-refractivity contribution in [3.05, 3.63) is 89.5 Å². The summed E-state index contributed by atoms with van der Waals surface area (Å²) in [5.74, 6) is -1.52. The molecular weight excluding hydrogens is 444 g/mol. The number of carbonyl (C=O) groups is 3. The Bertz CT molecular complexity index is 1220. The molecule has 1 aliphatic rings. The first-order chi connectivity index (χ1) is 16.7. The van der Waals surface area contributed by atoms with Crippen LogP contribution in [0.2, 0.25) is 0 Å². The zero-order valence-corrected chi connectivity index (χ0v) is 19.9. The van der Waals surface area contributed by atoms with Crippen molar-refractivity contribution in [3.63, 3.8) is 0 Å². The predicted molar refractivity (Wildman–Crippen MR) is 133 cm³/mol. The van der Waals surface area contributed by atoms with Crippen molar-refractivity contribution in [2.24, 2.45) is 0 Å². The number of hydrogen-bond acceptors (Lipinski definition) is 4. The van der Waals surface area contributed by atoms with Crippen LogP contribution in [0.15, 0.2) is 72.8 Å². The molecule has 3 N–H and O–H groups in total. The molecule has 3 aromatic rings. The smallest absolute Gasteiger partial charge is 0.411 e. The third-order valence-electron chi connectivity index (χ3n) is 6.48. The van der Waals surface area contributed by atoms with Gasteiger partial charge in [0.05, 0.1) is 5.41 Å². The van der Waals surface area contributed by atoms with Crippen molar-refractivity contribution >= 4 is 23.7 Å². The number of carboxylic acids is 1. The maximum Gasteiger partial charge on any atom is 0.411 e. The number of aliphatic carboxylic acids is 1. The average molecular weight is 473 g/mol. The van der Waals surface area contributed by atoms with Gasteiger partial charge in [-0.3, -0.25) is 14.9 Å². The van der Waals surface area contributed by atoms with Gasteiger partial charge in [-0.05, 0) is 60.7 Å². The Morgan fingerprint density at radius 3 is 2.00 bits per heavy atom.